The zero-order chi connectivity index (χ0) is 22.0. The molecule has 3 aromatic rings. The molecule has 0 unspecified atom stereocenters. The maximum atomic E-state index is 13.3. The molecule has 158 valence electrons. The van der Waals surface area contributed by atoms with Crippen molar-refractivity contribution in [3.05, 3.63) is 66.0 Å². The van der Waals surface area contributed by atoms with E-state index in [1.165, 1.54) is 4.68 Å². The lowest BCUT2D eigenvalue weighted by Gasteiger charge is -2.16. The molecule has 0 aliphatic carbocycles. The average Bonchev–Trinajstić information content (AvgIpc) is 2.69. The smallest absolute Gasteiger partial charge is 0.282 e. The first-order valence-corrected chi connectivity index (χ1v) is 11.6. The molecule has 2 aromatic carbocycles. The van der Waals surface area contributed by atoms with E-state index in [9.17, 15) is 4.79 Å². The van der Waals surface area contributed by atoms with Crippen LogP contribution in [-0.2, 0) is 0 Å². The first-order chi connectivity index (χ1) is 14.2. The summed E-state index contributed by atoms with van der Waals surface area (Å²) in [5.74, 6) is 1.29. The molecule has 1 heterocycles. The maximum Gasteiger partial charge on any atom is 0.282 e. The fraction of sp³-hybridized carbons (Fsp3) is 0.318. The Bertz CT molecular complexity index is 1180. The van der Waals surface area contributed by atoms with Gasteiger partial charge in [0.25, 0.3) is 5.56 Å². The van der Waals surface area contributed by atoms with Gasteiger partial charge in [0.2, 0.25) is 0 Å². The SMILES string of the molecule is CC[C@H](C)c1nc2ccc(Br)cc2c(=O)n1N=Cc1cc(Cl)cc(Br)c1OC(C)C. The molecular formula is C22H22Br2ClN3O2. The lowest BCUT2D eigenvalue weighted by molar-refractivity contribution is 0.240. The standard InChI is InChI=1S/C22H22Br2ClN3O2/c1-5-13(4)21-27-19-7-6-15(23)9-17(19)22(29)28(21)26-11-14-8-16(25)10-18(24)20(14)30-12(2)3/h6-13H,5H2,1-4H3/t13-/m0/s1. The van der Waals surface area contributed by atoms with E-state index < -0.39 is 0 Å². The fourth-order valence-corrected chi connectivity index (χ4v) is 4.22. The van der Waals surface area contributed by atoms with Crippen LogP contribution in [0.2, 0.25) is 5.02 Å². The number of nitrogens with zero attached hydrogens (tertiary/aromatic N) is 3. The third kappa shape index (κ3) is 4.95. The lowest BCUT2D eigenvalue weighted by atomic mass is 10.1. The van der Waals surface area contributed by atoms with Crippen molar-refractivity contribution in [1.82, 2.24) is 9.66 Å². The molecule has 0 aliphatic rings. The minimum atomic E-state index is -0.222. The number of rotatable bonds is 6. The maximum absolute atomic E-state index is 13.3. The van der Waals surface area contributed by atoms with Gasteiger partial charge in [0.1, 0.15) is 11.6 Å². The fourth-order valence-electron chi connectivity index (χ4n) is 2.94. The summed E-state index contributed by atoms with van der Waals surface area (Å²) in [5.41, 5.74) is 1.10. The van der Waals surface area contributed by atoms with Crippen LogP contribution in [0.15, 0.2) is 49.2 Å². The number of fused-ring (bicyclic) bond motifs is 1. The van der Waals surface area contributed by atoms with E-state index in [2.05, 4.69) is 43.9 Å². The predicted molar refractivity (Wildman–Crippen MR) is 130 cm³/mol. The highest BCUT2D eigenvalue weighted by molar-refractivity contribution is 9.10. The number of halogens is 3. The van der Waals surface area contributed by atoms with Crippen molar-refractivity contribution < 1.29 is 4.74 Å². The summed E-state index contributed by atoms with van der Waals surface area (Å²) >= 11 is 13.2. The Morgan fingerprint density at radius 1 is 1.23 bits per heavy atom. The molecule has 3 rings (SSSR count). The molecule has 5 nitrogen and oxygen atoms in total. The Balaban J connectivity index is 2.21. The number of ether oxygens (including phenoxy) is 1. The van der Waals surface area contributed by atoms with Crippen molar-refractivity contribution in [2.24, 2.45) is 5.10 Å². The van der Waals surface area contributed by atoms with Gasteiger partial charge >= 0.3 is 0 Å². The molecule has 0 bridgehead atoms. The summed E-state index contributed by atoms with van der Waals surface area (Å²) in [5, 5.41) is 5.55. The molecule has 0 N–H and O–H groups in total. The first kappa shape index (κ1) is 23.0. The summed E-state index contributed by atoms with van der Waals surface area (Å²) in [7, 11) is 0. The highest BCUT2D eigenvalue weighted by Crippen LogP contribution is 2.32. The van der Waals surface area contributed by atoms with Gasteiger partial charge in [-0.3, -0.25) is 4.79 Å². The van der Waals surface area contributed by atoms with E-state index in [0.717, 1.165) is 15.4 Å². The quantitative estimate of drug-likeness (QED) is 0.316. The summed E-state index contributed by atoms with van der Waals surface area (Å²) < 4.78 is 8.84. The number of hydrogen-bond donors (Lipinski definition) is 0. The second-order valence-electron chi connectivity index (χ2n) is 7.27. The molecule has 8 heteroatoms. The van der Waals surface area contributed by atoms with Crippen molar-refractivity contribution in [3.8, 4) is 5.75 Å². The van der Waals surface area contributed by atoms with E-state index in [1.807, 2.05) is 32.9 Å². The molecule has 0 saturated carbocycles. The second kappa shape index (κ2) is 9.62. The van der Waals surface area contributed by atoms with E-state index in [0.29, 0.717) is 33.1 Å². The number of hydrogen-bond acceptors (Lipinski definition) is 4. The van der Waals surface area contributed by atoms with Crippen LogP contribution in [0.3, 0.4) is 0 Å². The summed E-state index contributed by atoms with van der Waals surface area (Å²) in [4.78, 5) is 18.0. The van der Waals surface area contributed by atoms with Crippen LogP contribution in [0.4, 0.5) is 0 Å². The van der Waals surface area contributed by atoms with Crippen LogP contribution in [-0.4, -0.2) is 22.0 Å². The van der Waals surface area contributed by atoms with E-state index in [4.69, 9.17) is 21.3 Å². The van der Waals surface area contributed by atoms with Gasteiger partial charge < -0.3 is 4.74 Å². The zero-order valence-electron chi connectivity index (χ0n) is 17.1. The highest BCUT2D eigenvalue weighted by atomic mass is 79.9. The molecule has 0 amide bonds. The molecule has 0 radical (unpaired) electrons. The van der Waals surface area contributed by atoms with Crippen LogP contribution in [0.25, 0.3) is 10.9 Å². The van der Waals surface area contributed by atoms with Crippen molar-refractivity contribution in [1.29, 1.82) is 0 Å². The van der Waals surface area contributed by atoms with Crippen molar-refractivity contribution in [2.45, 2.75) is 46.1 Å². The minimum Gasteiger partial charge on any atom is -0.489 e. The minimum absolute atomic E-state index is 0.0345. The van der Waals surface area contributed by atoms with Gasteiger partial charge in [0.05, 0.1) is 27.7 Å². The molecule has 1 aromatic heterocycles. The molecular weight excluding hydrogens is 534 g/mol. The molecule has 30 heavy (non-hydrogen) atoms. The van der Waals surface area contributed by atoms with Crippen molar-refractivity contribution >= 4 is 60.6 Å². The third-order valence-corrected chi connectivity index (χ3v) is 5.89. The lowest BCUT2D eigenvalue weighted by Crippen LogP contribution is -2.23. The first-order valence-electron chi connectivity index (χ1n) is 9.63. The van der Waals surface area contributed by atoms with Gasteiger partial charge in [0.15, 0.2) is 0 Å². The Kier molecular flexibility index (Phi) is 7.37. The topological polar surface area (TPSA) is 56.5 Å². The number of benzene rings is 2. The zero-order valence-corrected chi connectivity index (χ0v) is 21.0. The van der Waals surface area contributed by atoms with E-state index in [-0.39, 0.29) is 17.6 Å². The molecule has 0 spiro atoms. The van der Waals surface area contributed by atoms with Crippen LogP contribution in [0.1, 0.15) is 51.4 Å². The average molecular weight is 556 g/mol. The summed E-state index contributed by atoms with van der Waals surface area (Å²) in [6.45, 7) is 7.97. The van der Waals surface area contributed by atoms with Gasteiger partial charge in [0, 0.05) is 21.0 Å². The number of aromatic nitrogens is 2. The van der Waals surface area contributed by atoms with Crippen molar-refractivity contribution in [3.63, 3.8) is 0 Å². The van der Waals surface area contributed by atoms with E-state index in [1.54, 1.807) is 24.4 Å². The van der Waals surface area contributed by atoms with Crippen molar-refractivity contribution in [2.75, 3.05) is 0 Å². The highest BCUT2D eigenvalue weighted by Gasteiger charge is 2.16. The normalized spacial score (nSPS) is 12.8. The van der Waals surface area contributed by atoms with Gasteiger partial charge in [-0.05, 0) is 66.5 Å². The Morgan fingerprint density at radius 2 is 1.97 bits per heavy atom. The van der Waals surface area contributed by atoms with Gasteiger partial charge in [-0.1, -0.05) is 41.4 Å². The molecule has 0 saturated heterocycles. The third-order valence-electron chi connectivity index (χ3n) is 4.59. The monoisotopic (exact) mass is 553 g/mol. The van der Waals surface area contributed by atoms with Crippen LogP contribution >= 0.6 is 43.5 Å². The van der Waals surface area contributed by atoms with Crippen LogP contribution < -0.4 is 10.3 Å². The Labute approximate surface area is 197 Å². The van der Waals surface area contributed by atoms with Gasteiger partial charge in [-0.25, -0.2) is 4.98 Å². The summed E-state index contributed by atoms with van der Waals surface area (Å²) in [6, 6.07) is 9.00. The summed E-state index contributed by atoms with van der Waals surface area (Å²) in [6.07, 6.45) is 2.38. The predicted octanol–water partition coefficient (Wildman–Crippen LogP) is 6.76. The largest absolute Gasteiger partial charge is 0.489 e. The Morgan fingerprint density at radius 3 is 2.63 bits per heavy atom. The Hall–Kier alpha value is -1.70. The van der Waals surface area contributed by atoms with Gasteiger partial charge in [-0.15, -0.1) is 0 Å². The van der Waals surface area contributed by atoms with Gasteiger partial charge in [-0.2, -0.15) is 9.78 Å². The molecule has 0 aliphatic heterocycles. The second-order valence-corrected chi connectivity index (χ2v) is 9.48. The van der Waals surface area contributed by atoms with Crippen LogP contribution in [0, 0.1) is 0 Å². The molecule has 0 fully saturated rings. The van der Waals surface area contributed by atoms with E-state index >= 15 is 0 Å². The van der Waals surface area contributed by atoms with Crippen LogP contribution in [0.5, 0.6) is 5.75 Å². The molecule has 1 atom stereocenters.